The zero-order valence-corrected chi connectivity index (χ0v) is 19.1. The molecular formula is C24H27Cl2FN2O2. The first-order valence-corrected chi connectivity index (χ1v) is 10.9. The van der Waals surface area contributed by atoms with Crippen LogP contribution in [0.5, 0.6) is 0 Å². The summed E-state index contributed by atoms with van der Waals surface area (Å²) >= 11 is 6.05. The zero-order valence-electron chi connectivity index (χ0n) is 17.5. The molecule has 4 nitrogen and oxygen atoms in total. The molecule has 166 valence electrons. The van der Waals surface area contributed by atoms with Crippen molar-refractivity contribution in [2.24, 2.45) is 5.92 Å². The second-order valence-electron chi connectivity index (χ2n) is 8.41. The Labute approximate surface area is 193 Å². The standard InChI is InChI=1S/C24H26ClFN2O2.ClH/c1-27-11-9-19(10-12-27)28(24(30)17-5-6-17)20-4-2-3-16(13-20)14-23(29)21-8-7-18(26)15-22(21)25;/h2-4,7-8,13,15,17,19H,5-6,9-12,14H2,1H3;1H. The molecule has 1 saturated carbocycles. The highest BCUT2D eigenvalue weighted by molar-refractivity contribution is 6.34. The van der Waals surface area contributed by atoms with Crippen LogP contribution >= 0.6 is 24.0 Å². The highest BCUT2D eigenvalue weighted by Crippen LogP contribution is 2.35. The predicted octanol–water partition coefficient (Wildman–Crippen LogP) is 5.16. The third-order valence-corrected chi connectivity index (χ3v) is 6.31. The van der Waals surface area contributed by atoms with Crippen LogP contribution in [0.3, 0.4) is 0 Å². The lowest BCUT2D eigenvalue weighted by atomic mass is 9.99. The van der Waals surface area contributed by atoms with Crippen LogP contribution in [0.25, 0.3) is 0 Å². The number of rotatable bonds is 6. The first-order chi connectivity index (χ1) is 14.4. The van der Waals surface area contributed by atoms with Gasteiger partial charge in [-0.1, -0.05) is 23.7 Å². The van der Waals surface area contributed by atoms with Crippen LogP contribution < -0.4 is 4.90 Å². The maximum Gasteiger partial charge on any atom is 0.230 e. The number of carbonyl (C=O) groups excluding carboxylic acids is 2. The lowest BCUT2D eigenvalue weighted by Crippen LogP contribution is -2.47. The molecule has 1 aliphatic heterocycles. The molecule has 2 aliphatic rings. The molecule has 1 heterocycles. The van der Waals surface area contributed by atoms with E-state index in [9.17, 15) is 14.0 Å². The minimum absolute atomic E-state index is 0. The maximum absolute atomic E-state index is 13.3. The van der Waals surface area contributed by atoms with Gasteiger partial charge in [-0.25, -0.2) is 4.39 Å². The molecule has 1 amide bonds. The number of likely N-dealkylation sites (tertiary alicyclic amines) is 1. The molecule has 1 saturated heterocycles. The molecule has 2 aromatic carbocycles. The average molecular weight is 465 g/mol. The number of nitrogens with zero attached hydrogens (tertiary/aromatic N) is 2. The fraction of sp³-hybridized carbons (Fsp3) is 0.417. The number of anilines is 1. The van der Waals surface area contributed by atoms with Gasteiger partial charge in [0.2, 0.25) is 5.91 Å². The van der Waals surface area contributed by atoms with E-state index >= 15 is 0 Å². The van der Waals surface area contributed by atoms with Gasteiger partial charge in [0.15, 0.2) is 5.78 Å². The molecule has 1 aliphatic carbocycles. The molecular weight excluding hydrogens is 438 g/mol. The predicted molar refractivity (Wildman–Crippen MR) is 124 cm³/mol. The Morgan fingerprint density at radius 3 is 2.45 bits per heavy atom. The summed E-state index contributed by atoms with van der Waals surface area (Å²) in [7, 11) is 2.11. The van der Waals surface area contributed by atoms with Gasteiger partial charge in [-0.3, -0.25) is 9.59 Å². The van der Waals surface area contributed by atoms with E-state index in [4.69, 9.17) is 11.6 Å². The van der Waals surface area contributed by atoms with Gasteiger partial charge in [-0.05, 0) is 81.7 Å². The molecule has 4 rings (SSSR count). The molecule has 31 heavy (non-hydrogen) atoms. The van der Waals surface area contributed by atoms with E-state index in [1.165, 1.54) is 12.1 Å². The topological polar surface area (TPSA) is 40.6 Å². The molecule has 0 atom stereocenters. The molecule has 7 heteroatoms. The first kappa shape index (κ1) is 23.7. The number of hydrogen-bond acceptors (Lipinski definition) is 3. The fourth-order valence-corrected chi connectivity index (χ4v) is 4.38. The largest absolute Gasteiger partial charge is 0.309 e. The van der Waals surface area contributed by atoms with Crippen LogP contribution in [0.15, 0.2) is 42.5 Å². The molecule has 0 N–H and O–H groups in total. The van der Waals surface area contributed by atoms with Crippen molar-refractivity contribution in [2.45, 2.75) is 38.1 Å². The highest BCUT2D eigenvalue weighted by atomic mass is 35.5. The summed E-state index contributed by atoms with van der Waals surface area (Å²) in [5.74, 6) is -0.301. The van der Waals surface area contributed by atoms with E-state index in [1.54, 1.807) is 0 Å². The van der Waals surface area contributed by atoms with Gasteiger partial charge in [0, 0.05) is 29.6 Å². The molecule has 2 aromatic rings. The normalized spacial score (nSPS) is 17.1. The Morgan fingerprint density at radius 2 is 1.81 bits per heavy atom. The van der Waals surface area contributed by atoms with Gasteiger partial charge < -0.3 is 9.80 Å². The third kappa shape index (κ3) is 5.65. The summed E-state index contributed by atoms with van der Waals surface area (Å²) in [6.45, 7) is 1.95. The van der Waals surface area contributed by atoms with Crippen molar-refractivity contribution in [3.63, 3.8) is 0 Å². The number of piperidine rings is 1. The van der Waals surface area contributed by atoms with Gasteiger partial charge >= 0.3 is 0 Å². The number of carbonyl (C=O) groups is 2. The zero-order chi connectivity index (χ0) is 21.3. The molecule has 0 spiro atoms. The van der Waals surface area contributed by atoms with Crippen LogP contribution in [0.1, 0.15) is 41.6 Å². The van der Waals surface area contributed by atoms with Crippen molar-refractivity contribution in [2.75, 3.05) is 25.0 Å². The summed E-state index contributed by atoms with van der Waals surface area (Å²) < 4.78 is 13.3. The van der Waals surface area contributed by atoms with E-state index in [1.807, 2.05) is 29.2 Å². The van der Waals surface area contributed by atoms with Crippen LogP contribution in [0.4, 0.5) is 10.1 Å². The van der Waals surface area contributed by atoms with Crippen molar-refractivity contribution < 1.29 is 14.0 Å². The number of halogens is 3. The fourth-order valence-electron chi connectivity index (χ4n) is 4.11. The second-order valence-corrected chi connectivity index (χ2v) is 8.82. The van der Waals surface area contributed by atoms with E-state index in [2.05, 4.69) is 11.9 Å². The minimum Gasteiger partial charge on any atom is -0.309 e. The van der Waals surface area contributed by atoms with Crippen molar-refractivity contribution in [1.82, 2.24) is 4.90 Å². The molecule has 0 unspecified atom stereocenters. The first-order valence-electron chi connectivity index (χ1n) is 10.5. The second kappa shape index (κ2) is 10.1. The monoisotopic (exact) mass is 464 g/mol. The van der Waals surface area contributed by atoms with E-state index in [-0.39, 0.29) is 47.5 Å². The summed E-state index contributed by atoms with van der Waals surface area (Å²) in [6, 6.07) is 11.7. The summed E-state index contributed by atoms with van der Waals surface area (Å²) in [5, 5.41) is 0.119. The Kier molecular flexibility index (Phi) is 7.73. The highest BCUT2D eigenvalue weighted by Gasteiger charge is 2.38. The molecule has 2 fully saturated rings. The minimum atomic E-state index is -0.467. The lowest BCUT2D eigenvalue weighted by molar-refractivity contribution is -0.120. The van der Waals surface area contributed by atoms with Gasteiger partial charge in [0.05, 0.1) is 5.02 Å². The van der Waals surface area contributed by atoms with Gasteiger partial charge in [-0.2, -0.15) is 0 Å². The van der Waals surface area contributed by atoms with Crippen molar-refractivity contribution in [3.05, 3.63) is 64.4 Å². The molecule has 0 aromatic heterocycles. The lowest BCUT2D eigenvalue weighted by Gasteiger charge is -2.37. The SMILES string of the molecule is CN1CCC(N(C(=O)C2CC2)c2cccc(CC(=O)c3ccc(F)cc3Cl)c2)CC1.Cl. The Balaban J connectivity index is 0.00000272. The van der Waals surface area contributed by atoms with E-state index < -0.39 is 5.82 Å². The van der Waals surface area contributed by atoms with Gasteiger partial charge in [0.1, 0.15) is 5.82 Å². The Bertz CT molecular complexity index is 956. The van der Waals surface area contributed by atoms with E-state index in [0.717, 1.165) is 56.1 Å². The number of benzene rings is 2. The third-order valence-electron chi connectivity index (χ3n) is 6.00. The van der Waals surface area contributed by atoms with Crippen molar-refractivity contribution in [3.8, 4) is 0 Å². The Morgan fingerprint density at radius 1 is 1.10 bits per heavy atom. The van der Waals surface area contributed by atoms with Gasteiger partial charge in [-0.15, -0.1) is 12.4 Å². The number of Topliss-reactive ketones (excluding diaryl/α,β-unsaturated/α-hetero) is 1. The summed E-state index contributed by atoms with van der Waals surface area (Å²) in [6.07, 6.45) is 3.97. The van der Waals surface area contributed by atoms with Crippen molar-refractivity contribution >= 4 is 41.4 Å². The van der Waals surface area contributed by atoms with Crippen LogP contribution in [-0.4, -0.2) is 42.8 Å². The molecule has 0 radical (unpaired) electrons. The summed E-state index contributed by atoms with van der Waals surface area (Å²) in [4.78, 5) is 30.1. The van der Waals surface area contributed by atoms with Crippen LogP contribution in [0, 0.1) is 11.7 Å². The van der Waals surface area contributed by atoms with Crippen LogP contribution in [-0.2, 0) is 11.2 Å². The number of amides is 1. The quantitative estimate of drug-likeness (QED) is 0.554. The summed E-state index contributed by atoms with van der Waals surface area (Å²) in [5.41, 5.74) is 1.99. The average Bonchev–Trinajstić information content (AvgIpc) is 3.55. The Hall–Kier alpha value is -1.95. The van der Waals surface area contributed by atoms with Gasteiger partial charge in [0.25, 0.3) is 0 Å². The van der Waals surface area contributed by atoms with E-state index in [0.29, 0.717) is 5.56 Å². The number of hydrogen-bond donors (Lipinski definition) is 0. The molecule has 0 bridgehead atoms. The smallest absolute Gasteiger partial charge is 0.230 e. The van der Waals surface area contributed by atoms with Crippen LogP contribution in [0.2, 0.25) is 5.02 Å². The maximum atomic E-state index is 13.3. The van der Waals surface area contributed by atoms with Crippen molar-refractivity contribution in [1.29, 1.82) is 0 Å². The number of ketones is 1.